The number of likely N-dealkylation sites (tertiary alicyclic amines) is 1. The summed E-state index contributed by atoms with van der Waals surface area (Å²) in [5.74, 6) is -1.28. The van der Waals surface area contributed by atoms with Gasteiger partial charge >= 0.3 is 0 Å². The predicted molar refractivity (Wildman–Crippen MR) is 116 cm³/mol. The van der Waals surface area contributed by atoms with E-state index in [9.17, 15) is 18.4 Å². The number of fused-ring (bicyclic) bond motifs is 1. The van der Waals surface area contributed by atoms with Gasteiger partial charge < -0.3 is 20.3 Å². The molecule has 1 fully saturated rings. The summed E-state index contributed by atoms with van der Waals surface area (Å²) in [5.41, 5.74) is 0.890. The Kier molecular flexibility index (Phi) is 6.30. The van der Waals surface area contributed by atoms with E-state index in [1.807, 2.05) is 24.3 Å². The van der Waals surface area contributed by atoms with Gasteiger partial charge in [-0.2, -0.15) is 0 Å². The Hall–Kier alpha value is -3.16. The molecule has 2 aromatic carbocycles. The molecule has 2 aromatic rings. The van der Waals surface area contributed by atoms with Crippen molar-refractivity contribution in [3.63, 3.8) is 0 Å². The summed E-state index contributed by atoms with van der Waals surface area (Å²) in [5, 5.41) is 6.04. The van der Waals surface area contributed by atoms with E-state index in [4.69, 9.17) is 4.74 Å². The summed E-state index contributed by atoms with van der Waals surface area (Å²) >= 11 is 0. The van der Waals surface area contributed by atoms with Crippen LogP contribution in [0.15, 0.2) is 42.5 Å². The molecule has 0 saturated carbocycles. The quantitative estimate of drug-likeness (QED) is 0.761. The van der Waals surface area contributed by atoms with E-state index in [2.05, 4.69) is 10.6 Å². The fourth-order valence-electron chi connectivity index (χ4n) is 4.42. The largest absolute Gasteiger partial charge is 0.485 e. The van der Waals surface area contributed by atoms with Crippen molar-refractivity contribution in [1.82, 2.24) is 10.2 Å². The molecule has 2 aliphatic rings. The first-order valence-corrected chi connectivity index (χ1v) is 10.9. The molecule has 0 radical (unpaired) electrons. The van der Waals surface area contributed by atoms with Gasteiger partial charge in [-0.1, -0.05) is 12.1 Å². The van der Waals surface area contributed by atoms with Gasteiger partial charge in [0.05, 0.1) is 12.1 Å². The van der Waals surface area contributed by atoms with Crippen molar-refractivity contribution in [2.75, 3.05) is 25.0 Å². The minimum atomic E-state index is -0.738. The fraction of sp³-hybridized carbons (Fsp3) is 0.417. The molecule has 32 heavy (non-hydrogen) atoms. The van der Waals surface area contributed by atoms with Gasteiger partial charge in [0.15, 0.2) is 0 Å². The van der Waals surface area contributed by atoms with Crippen molar-refractivity contribution < 1.29 is 23.1 Å². The molecule has 0 aliphatic carbocycles. The van der Waals surface area contributed by atoms with Crippen molar-refractivity contribution in [3.05, 3.63) is 59.7 Å². The molecule has 4 rings (SSSR count). The molecule has 2 N–H and O–H groups in total. The van der Waals surface area contributed by atoms with E-state index in [1.54, 1.807) is 11.8 Å². The Morgan fingerprint density at radius 2 is 1.81 bits per heavy atom. The number of anilines is 1. The van der Waals surface area contributed by atoms with Gasteiger partial charge in [-0.15, -0.1) is 0 Å². The second kappa shape index (κ2) is 9.14. The normalized spacial score (nSPS) is 18.0. The lowest BCUT2D eigenvalue weighted by atomic mass is 9.87. The number of hydrogen-bond acceptors (Lipinski definition) is 4. The van der Waals surface area contributed by atoms with E-state index < -0.39 is 23.6 Å². The SMILES string of the molecule is C[C@H](NC(=O)Cc1cc(F)cc(F)c1)C(=O)N1CCC2(CCNc3ccccc3O2)CC1. The van der Waals surface area contributed by atoms with Crippen LogP contribution in [-0.2, 0) is 16.0 Å². The Labute approximate surface area is 185 Å². The minimum absolute atomic E-state index is 0.175. The number of ether oxygens (including phenoxy) is 1. The van der Waals surface area contributed by atoms with Crippen LogP contribution in [0.4, 0.5) is 14.5 Å². The minimum Gasteiger partial charge on any atom is -0.485 e. The Morgan fingerprint density at radius 1 is 1.12 bits per heavy atom. The van der Waals surface area contributed by atoms with E-state index >= 15 is 0 Å². The topological polar surface area (TPSA) is 70.7 Å². The molecule has 1 atom stereocenters. The molecule has 6 nitrogen and oxygen atoms in total. The molecular weight excluding hydrogens is 416 g/mol. The fourth-order valence-corrected chi connectivity index (χ4v) is 4.42. The van der Waals surface area contributed by atoms with Crippen LogP contribution >= 0.6 is 0 Å². The molecule has 170 valence electrons. The number of halogens is 2. The van der Waals surface area contributed by atoms with Crippen LogP contribution in [0.1, 0.15) is 31.7 Å². The van der Waals surface area contributed by atoms with Crippen LogP contribution in [0.2, 0.25) is 0 Å². The molecule has 0 unspecified atom stereocenters. The summed E-state index contributed by atoms with van der Waals surface area (Å²) in [7, 11) is 0. The van der Waals surface area contributed by atoms with E-state index in [1.165, 1.54) is 0 Å². The Morgan fingerprint density at radius 3 is 2.53 bits per heavy atom. The number of para-hydroxylation sites is 2. The summed E-state index contributed by atoms with van der Waals surface area (Å²) in [4.78, 5) is 26.9. The molecule has 1 spiro atoms. The first-order chi connectivity index (χ1) is 15.3. The number of nitrogens with one attached hydrogen (secondary N) is 2. The molecular formula is C24H27F2N3O3. The maximum atomic E-state index is 13.3. The number of hydrogen-bond donors (Lipinski definition) is 2. The molecule has 0 bridgehead atoms. The zero-order valence-corrected chi connectivity index (χ0v) is 18.0. The zero-order chi connectivity index (χ0) is 22.7. The molecule has 1 saturated heterocycles. The van der Waals surface area contributed by atoms with Crippen LogP contribution in [0.5, 0.6) is 5.75 Å². The van der Waals surface area contributed by atoms with Crippen molar-refractivity contribution in [2.24, 2.45) is 0 Å². The van der Waals surface area contributed by atoms with Gasteiger partial charge in [0.1, 0.15) is 29.0 Å². The van der Waals surface area contributed by atoms with Crippen molar-refractivity contribution >= 4 is 17.5 Å². The number of carbonyl (C=O) groups is 2. The van der Waals surface area contributed by atoms with Crippen molar-refractivity contribution in [1.29, 1.82) is 0 Å². The highest BCUT2D eigenvalue weighted by molar-refractivity contribution is 5.88. The second-order valence-corrected chi connectivity index (χ2v) is 8.53. The molecule has 2 heterocycles. The van der Waals surface area contributed by atoms with Gasteiger partial charge in [0, 0.05) is 45.0 Å². The highest BCUT2D eigenvalue weighted by Gasteiger charge is 2.40. The lowest BCUT2D eigenvalue weighted by Crippen LogP contribution is -2.54. The summed E-state index contributed by atoms with van der Waals surface area (Å²) in [6.45, 7) is 3.50. The first kappa shape index (κ1) is 22.0. The van der Waals surface area contributed by atoms with Gasteiger partial charge in [0.2, 0.25) is 11.8 Å². The molecule has 0 aromatic heterocycles. The number of piperidine rings is 1. The van der Waals surface area contributed by atoms with E-state index in [0.29, 0.717) is 25.9 Å². The maximum absolute atomic E-state index is 13.3. The van der Waals surface area contributed by atoms with Gasteiger partial charge in [0.25, 0.3) is 0 Å². The maximum Gasteiger partial charge on any atom is 0.244 e. The molecule has 2 amide bonds. The van der Waals surface area contributed by atoms with Crippen LogP contribution in [0.25, 0.3) is 0 Å². The van der Waals surface area contributed by atoms with Crippen LogP contribution in [-0.4, -0.2) is 48.0 Å². The van der Waals surface area contributed by atoms with E-state index in [-0.39, 0.29) is 23.5 Å². The molecule has 8 heteroatoms. The summed E-state index contributed by atoms with van der Waals surface area (Å²) < 4.78 is 33.0. The standard InChI is InChI=1S/C24H27F2N3O3/c1-16(28-22(30)14-17-12-18(25)15-19(26)13-17)23(31)29-10-7-24(8-11-29)6-9-27-20-4-2-3-5-21(20)32-24/h2-5,12-13,15-16,27H,6-11,14H2,1H3,(H,28,30)/t16-/m0/s1. The average molecular weight is 443 g/mol. The lowest BCUT2D eigenvalue weighted by molar-refractivity contribution is -0.139. The Balaban J connectivity index is 1.31. The van der Waals surface area contributed by atoms with Crippen LogP contribution in [0.3, 0.4) is 0 Å². The highest BCUT2D eigenvalue weighted by Crippen LogP contribution is 2.37. The first-order valence-electron chi connectivity index (χ1n) is 10.9. The summed E-state index contributed by atoms with van der Waals surface area (Å²) in [6.07, 6.45) is 2.06. The van der Waals surface area contributed by atoms with Gasteiger partial charge in [-0.05, 0) is 36.8 Å². The third-order valence-electron chi connectivity index (χ3n) is 6.13. The molecule has 2 aliphatic heterocycles. The third-order valence-corrected chi connectivity index (χ3v) is 6.13. The number of nitrogens with zero attached hydrogens (tertiary/aromatic N) is 1. The van der Waals surface area contributed by atoms with E-state index in [0.717, 1.165) is 42.6 Å². The average Bonchev–Trinajstić information content (AvgIpc) is 2.92. The Bertz CT molecular complexity index is 985. The summed E-state index contributed by atoms with van der Waals surface area (Å²) in [6, 6.07) is 10.1. The van der Waals surface area contributed by atoms with Crippen LogP contribution in [0, 0.1) is 11.6 Å². The number of rotatable bonds is 4. The predicted octanol–water partition coefficient (Wildman–Crippen LogP) is 3.27. The number of amides is 2. The van der Waals surface area contributed by atoms with Gasteiger partial charge in [-0.25, -0.2) is 8.78 Å². The highest BCUT2D eigenvalue weighted by atomic mass is 19.1. The number of carbonyl (C=O) groups excluding carboxylic acids is 2. The van der Waals surface area contributed by atoms with Gasteiger partial charge in [-0.3, -0.25) is 9.59 Å². The monoisotopic (exact) mass is 443 g/mol. The third kappa shape index (κ3) is 5.00. The second-order valence-electron chi connectivity index (χ2n) is 8.53. The lowest BCUT2D eigenvalue weighted by Gasteiger charge is -2.41. The zero-order valence-electron chi connectivity index (χ0n) is 18.0. The van der Waals surface area contributed by atoms with Crippen LogP contribution < -0.4 is 15.4 Å². The number of benzene rings is 2. The van der Waals surface area contributed by atoms with Crippen molar-refractivity contribution in [2.45, 2.75) is 44.2 Å². The smallest absolute Gasteiger partial charge is 0.244 e. The van der Waals surface area contributed by atoms with Crippen molar-refractivity contribution in [3.8, 4) is 5.75 Å².